The number of para-hydroxylation sites is 2. The van der Waals surface area contributed by atoms with Crippen LogP contribution in [0.5, 0.6) is 11.5 Å². The lowest BCUT2D eigenvalue weighted by atomic mass is 10.2. The zero-order valence-corrected chi connectivity index (χ0v) is 14.0. The normalized spacial score (nSPS) is 18.9. The molecule has 2 aliphatic heterocycles. The highest BCUT2D eigenvalue weighted by Gasteiger charge is 2.24. The Morgan fingerprint density at radius 2 is 1.96 bits per heavy atom. The van der Waals surface area contributed by atoms with Crippen LogP contribution in [0.4, 0.5) is 5.82 Å². The van der Waals surface area contributed by atoms with Gasteiger partial charge in [0, 0.05) is 19.3 Å². The van der Waals surface area contributed by atoms with Gasteiger partial charge in [-0.3, -0.25) is 4.79 Å². The predicted molar refractivity (Wildman–Crippen MR) is 94.4 cm³/mol. The quantitative estimate of drug-likeness (QED) is 0.926. The fourth-order valence-corrected chi connectivity index (χ4v) is 3.22. The first-order valence-electron chi connectivity index (χ1n) is 8.68. The zero-order chi connectivity index (χ0) is 17.1. The van der Waals surface area contributed by atoms with Crippen molar-refractivity contribution < 1.29 is 14.3 Å². The minimum atomic E-state index is -0.203. The Kier molecular flexibility index (Phi) is 4.41. The number of ether oxygens (including phenoxy) is 2. The molecular formula is C19H21N3O3. The summed E-state index contributed by atoms with van der Waals surface area (Å²) in [5, 5.41) is 2.95. The number of nitrogens with zero attached hydrogens (tertiary/aromatic N) is 2. The molecule has 1 fully saturated rings. The highest BCUT2D eigenvalue weighted by molar-refractivity contribution is 5.98. The first-order chi connectivity index (χ1) is 12.3. The van der Waals surface area contributed by atoms with E-state index < -0.39 is 0 Å². The van der Waals surface area contributed by atoms with E-state index in [2.05, 4.69) is 15.2 Å². The summed E-state index contributed by atoms with van der Waals surface area (Å²) >= 11 is 0. The van der Waals surface area contributed by atoms with Gasteiger partial charge in [0.2, 0.25) is 0 Å². The second-order valence-corrected chi connectivity index (χ2v) is 6.28. The number of anilines is 1. The molecule has 2 aliphatic rings. The number of nitrogens with one attached hydrogen (secondary N) is 1. The molecule has 1 saturated heterocycles. The largest absolute Gasteiger partial charge is 0.486 e. The summed E-state index contributed by atoms with van der Waals surface area (Å²) in [4.78, 5) is 19.2. The molecule has 1 unspecified atom stereocenters. The lowest BCUT2D eigenvalue weighted by Crippen LogP contribution is -2.41. The average Bonchev–Trinajstić information content (AvgIpc) is 3.20. The number of carbonyl (C=O) groups excluding carboxylic acids is 1. The summed E-state index contributed by atoms with van der Waals surface area (Å²) in [6.07, 6.45) is 3.82. The minimum absolute atomic E-state index is 0.127. The Bertz CT molecular complexity index is 759. The maximum Gasteiger partial charge on any atom is 0.255 e. The molecule has 130 valence electrons. The fraction of sp³-hybridized carbons (Fsp3) is 0.368. The molecule has 3 heterocycles. The van der Waals surface area contributed by atoms with E-state index in [0.717, 1.165) is 37.5 Å². The SMILES string of the molecule is O=C(NCC1COc2ccccc2O1)c1cccnc1N1CCCC1. The van der Waals surface area contributed by atoms with Gasteiger partial charge in [-0.2, -0.15) is 0 Å². The second kappa shape index (κ2) is 7.01. The number of hydrogen-bond acceptors (Lipinski definition) is 5. The van der Waals surface area contributed by atoms with Crippen LogP contribution in [0.2, 0.25) is 0 Å². The van der Waals surface area contributed by atoms with E-state index in [4.69, 9.17) is 9.47 Å². The van der Waals surface area contributed by atoms with Gasteiger partial charge in [-0.25, -0.2) is 4.98 Å². The third kappa shape index (κ3) is 3.38. The number of benzene rings is 1. The Labute approximate surface area is 146 Å². The monoisotopic (exact) mass is 339 g/mol. The Balaban J connectivity index is 1.40. The van der Waals surface area contributed by atoms with Crippen LogP contribution < -0.4 is 19.7 Å². The van der Waals surface area contributed by atoms with E-state index >= 15 is 0 Å². The Hall–Kier alpha value is -2.76. The van der Waals surface area contributed by atoms with Crippen molar-refractivity contribution in [2.24, 2.45) is 0 Å². The molecule has 2 aromatic rings. The number of aromatic nitrogens is 1. The molecule has 6 heteroatoms. The molecule has 1 aromatic carbocycles. The van der Waals surface area contributed by atoms with Crippen LogP contribution in [0, 0.1) is 0 Å². The molecular weight excluding hydrogens is 318 g/mol. The van der Waals surface area contributed by atoms with Gasteiger partial charge >= 0.3 is 0 Å². The molecule has 1 N–H and O–H groups in total. The third-order valence-electron chi connectivity index (χ3n) is 4.49. The number of rotatable bonds is 4. The topological polar surface area (TPSA) is 63.7 Å². The van der Waals surface area contributed by atoms with Crippen molar-refractivity contribution in [2.75, 3.05) is 31.1 Å². The maximum atomic E-state index is 12.6. The van der Waals surface area contributed by atoms with E-state index in [9.17, 15) is 4.79 Å². The highest BCUT2D eigenvalue weighted by atomic mass is 16.6. The smallest absolute Gasteiger partial charge is 0.255 e. The van der Waals surface area contributed by atoms with Crippen LogP contribution in [-0.4, -0.2) is 43.2 Å². The molecule has 6 nitrogen and oxygen atoms in total. The van der Waals surface area contributed by atoms with Crippen molar-refractivity contribution in [3.8, 4) is 11.5 Å². The van der Waals surface area contributed by atoms with E-state index in [0.29, 0.717) is 24.5 Å². The molecule has 4 rings (SSSR count). The van der Waals surface area contributed by atoms with E-state index in [1.54, 1.807) is 12.3 Å². The van der Waals surface area contributed by atoms with Gasteiger partial charge in [0.05, 0.1) is 12.1 Å². The molecule has 0 radical (unpaired) electrons. The highest BCUT2D eigenvalue weighted by Crippen LogP contribution is 2.30. The average molecular weight is 339 g/mol. The summed E-state index contributed by atoms with van der Waals surface area (Å²) in [6.45, 7) is 2.71. The molecule has 1 amide bonds. The van der Waals surface area contributed by atoms with Crippen molar-refractivity contribution in [2.45, 2.75) is 18.9 Å². The van der Waals surface area contributed by atoms with Crippen LogP contribution in [0.3, 0.4) is 0 Å². The van der Waals surface area contributed by atoms with Crippen molar-refractivity contribution in [3.63, 3.8) is 0 Å². The number of pyridine rings is 1. The predicted octanol–water partition coefficient (Wildman–Crippen LogP) is 2.25. The van der Waals surface area contributed by atoms with E-state index in [-0.39, 0.29) is 12.0 Å². The summed E-state index contributed by atoms with van der Waals surface area (Å²) < 4.78 is 11.6. The number of amides is 1. The molecule has 0 bridgehead atoms. The molecule has 0 aliphatic carbocycles. The standard InChI is InChI=1S/C19H21N3O3/c23-19(15-6-5-9-20-18(15)22-10-3-4-11-22)21-12-14-13-24-16-7-1-2-8-17(16)25-14/h1-2,5-9,14H,3-4,10-13H2,(H,21,23). The summed E-state index contributed by atoms with van der Waals surface area (Å²) in [7, 11) is 0. The summed E-state index contributed by atoms with van der Waals surface area (Å²) in [5.41, 5.74) is 0.613. The lowest BCUT2D eigenvalue weighted by Gasteiger charge is -2.26. The van der Waals surface area contributed by atoms with E-state index in [1.807, 2.05) is 30.3 Å². The zero-order valence-electron chi connectivity index (χ0n) is 14.0. The minimum Gasteiger partial charge on any atom is -0.486 e. The summed E-state index contributed by atoms with van der Waals surface area (Å²) in [6, 6.07) is 11.2. The van der Waals surface area contributed by atoms with Crippen LogP contribution in [0.25, 0.3) is 0 Å². The molecule has 0 saturated carbocycles. The molecule has 0 spiro atoms. The summed E-state index contributed by atoms with van der Waals surface area (Å²) in [5.74, 6) is 2.10. The van der Waals surface area contributed by atoms with Crippen molar-refractivity contribution >= 4 is 11.7 Å². The van der Waals surface area contributed by atoms with Gasteiger partial charge in [-0.05, 0) is 37.1 Å². The van der Waals surface area contributed by atoms with E-state index in [1.165, 1.54) is 0 Å². The lowest BCUT2D eigenvalue weighted by molar-refractivity contribution is 0.0789. The molecule has 1 atom stereocenters. The van der Waals surface area contributed by atoms with Crippen LogP contribution in [0.15, 0.2) is 42.6 Å². The first-order valence-corrected chi connectivity index (χ1v) is 8.68. The van der Waals surface area contributed by atoms with Gasteiger partial charge in [0.1, 0.15) is 18.5 Å². The van der Waals surface area contributed by atoms with Crippen LogP contribution >= 0.6 is 0 Å². The third-order valence-corrected chi connectivity index (χ3v) is 4.49. The first kappa shape index (κ1) is 15.7. The van der Waals surface area contributed by atoms with Crippen LogP contribution in [0.1, 0.15) is 23.2 Å². The number of fused-ring (bicyclic) bond motifs is 1. The van der Waals surface area contributed by atoms with Gasteiger partial charge in [-0.1, -0.05) is 12.1 Å². The number of carbonyl (C=O) groups is 1. The van der Waals surface area contributed by atoms with Crippen molar-refractivity contribution in [3.05, 3.63) is 48.2 Å². The second-order valence-electron chi connectivity index (χ2n) is 6.28. The van der Waals surface area contributed by atoms with Crippen LogP contribution in [-0.2, 0) is 0 Å². The van der Waals surface area contributed by atoms with Gasteiger partial charge in [0.15, 0.2) is 11.5 Å². The molecule has 1 aromatic heterocycles. The Morgan fingerprint density at radius 1 is 1.16 bits per heavy atom. The van der Waals surface area contributed by atoms with Gasteiger partial charge in [0.25, 0.3) is 5.91 Å². The maximum absolute atomic E-state index is 12.6. The molecule has 25 heavy (non-hydrogen) atoms. The van der Waals surface area contributed by atoms with Gasteiger partial charge in [-0.15, -0.1) is 0 Å². The fourth-order valence-electron chi connectivity index (χ4n) is 3.22. The van der Waals surface area contributed by atoms with Crippen molar-refractivity contribution in [1.29, 1.82) is 0 Å². The van der Waals surface area contributed by atoms with Crippen molar-refractivity contribution in [1.82, 2.24) is 10.3 Å². The number of hydrogen-bond donors (Lipinski definition) is 1. The van der Waals surface area contributed by atoms with Gasteiger partial charge < -0.3 is 19.7 Å². The Morgan fingerprint density at radius 3 is 2.80 bits per heavy atom.